The first-order valence-electron chi connectivity index (χ1n) is 5.82. The molecule has 0 radical (unpaired) electrons. The van der Waals surface area contributed by atoms with Gasteiger partial charge in [0, 0.05) is 6.54 Å². The van der Waals surface area contributed by atoms with Crippen molar-refractivity contribution < 1.29 is 8.42 Å². The van der Waals surface area contributed by atoms with Gasteiger partial charge >= 0.3 is 0 Å². The van der Waals surface area contributed by atoms with E-state index in [2.05, 4.69) is 5.32 Å². The average molecular weight is 308 g/mol. The van der Waals surface area contributed by atoms with Gasteiger partial charge in [-0.1, -0.05) is 35.3 Å². The maximum absolute atomic E-state index is 11.3. The monoisotopic (exact) mass is 307 g/mol. The Morgan fingerprint density at radius 1 is 1.33 bits per heavy atom. The van der Waals surface area contributed by atoms with Gasteiger partial charge in [-0.2, -0.15) is 0 Å². The molecule has 1 N–H and O–H groups in total. The van der Waals surface area contributed by atoms with Gasteiger partial charge < -0.3 is 5.32 Å². The topological polar surface area (TPSA) is 46.2 Å². The van der Waals surface area contributed by atoms with E-state index < -0.39 is 9.84 Å². The molecule has 100 valence electrons. The number of hydrogen-bond donors (Lipinski definition) is 1. The van der Waals surface area contributed by atoms with Gasteiger partial charge in [0.15, 0.2) is 9.84 Å². The maximum atomic E-state index is 11.3. The Kier molecular flexibility index (Phi) is 4.54. The molecule has 1 aliphatic heterocycles. The van der Waals surface area contributed by atoms with Gasteiger partial charge in [0.2, 0.25) is 0 Å². The number of rotatable bonds is 4. The third-order valence-corrected chi connectivity index (χ3v) is 5.80. The number of nitrogens with one attached hydrogen (secondary N) is 1. The minimum Gasteiger partial charge on any atom is -0.312 e. The molecule has 0 aromatic heterocycles. The molecular formula is C12H15Cl2NO2S. The molecule has 1 fully saturated rings. The van der Waals surface area contributed by atoms with Crippen LogP contribution in [0.15, 0.2) is 18.2 Å². The van der Waals surface area contributed by atoms with E-state index in [9.17, 15) is 8.42 Å². The molecule has 1 aliphatic rings. The molecule has 0 spiro atoms. The first-order chi connectivity index (χ1) is 8.48. The lowest BCUT2D eigenvalue weighted by Crippen LogP contribution is -2.23. The standard InChI is InChI=1S/C12H15Cl2NO2S/c13-11-3-1-2-10(12(11)14)7-15-6-9-4-5-18(16,17)8-9/h1-3,9,15H,4-8H2. The third kappa shape index (κ3) is 3.60. The van der Waals surface area contributed by atoms with Crippen LogP contribution in [-0.4, -0.2) is 26.5 Å². The summed E-state index contributed by atoms with van der Waals surface area (Å²) in [5, 5.41) is 4.34. The van der Waals surface area contributed by atoms with Crippen LogP contribution in [0.1, 0.15) is 12.0 Å². The molecule has 1 aromatic rings. The lowest BCUT2D eigenvalue weighted by Gasteiger charge is -2.11. The van der Waals surface area contributed by atoms with Gasteiger partial charge in [-0.25, -0.2) is 8.42 Å². The molecule has 1 aromatic carbocycles. The summed E-state index contributed by atoms with van der Waals surface area (Å²) in [5.41, 5.74) is 0.935. The van der Waals surface area contributed by atoms with Crippen molar-refractivity contribution >= 4 is 33.0 Å². The fraction of sp³-hybridized carbons (Fsp3) is 0.500. The fourth-order valence-corrected chi connectivity index (χ4v) is 4.38. The van der Waals surface area contributed by atoms with Gasteiger partial charge in [-0.15, -0.1) is 0 Å². The summed E-state index contributed by atoms with van der Waals surface area (Å²) in [4.78, 5) is 0. The number of sulfone groups is 1. The summed E-state index contributed by atoms with van der Waals surface area (Å²) < 4.78 is 22.6. The molecule has 0 saturated carbocycles. The summed E-state index contributed by atoms with van der Waals surface area (Å²) >= 11 is 12.0. The van der Waals surface area contributed by atoms with Crippen LogP contribution >= 0.6 is 23.2 Å². The Labute approximate surface area is 117 Å². The predicted octanol–water partition coefficient (Wildman–Crippen LogP) is 2.52. The van der Waals surface area contributed by atoms with E-state index in [0.29, 0.717) is 34.6 Å². The number of benzene rings is 1. The van der Waals surface area contributed by atoms with Crippen LogP contribution in [0.5, 0.6) is 0 Å². The highest BCUT2D eigenvalue weighted by Crippen LogP contribution is 2.25. The molecule has 1 unspecified atom stereocenters. The Hall–Kier alpha value is -0.290. The van der Waals surface area contributed by atoms with Crippen molar-refractivity contribution in [1.82, 2.24) is 5.32 Å². The molecule has 6 heteroatoms. The van der Waals surface area contributed by atoms with E-state index in [4.69, 9.17) is 23.2 Å². The van der Waals surface area contributed by atoms with E-state index in [1.54, 1.807) is 6.07 Å². The second kappa shape index (κ2) is 5.78. The van der Waals surface area contributed by atoms with Gasteiger partial charge in [-0.3, -0.25) is 0 Å². The van der Waals surface area contributed by atoms with E-state index in [1.807, 2.05) is 12.1 Å². The SMILES string of the molecule is O=S1(=O)CCC(CNCc2cccc(Cl)c2Cl)C1. The van der Waals surface area contributed by atoms with Crippen molar-refractivity contribution in [2.75, 3.05) is 18.1 Å². The largest absolute Gasteiger partial charge is 0.312 e. The number of hydrogen-bond acceptors (Lipinski definition) is 3. The van der Waals surface area contributed by atoms with Crippen molar-refractivity contribution in [3.05, 3.63) is 33.8 Å². The van der Waals surface area contributed by atoms with Gasteiger partial charge in [0.25, 0.3) is 0 Å². The molecule has 18 heavy (non-hydrogen) atoms. The van der Waals surface area contributed by atoms with Crippen molar-refractivity contribution in [2.45, 2.75) is 13.0 Å². The zero-order valence-electron chi connectivity index (χ0n) is 9.83. The summed E-state index contributed by atoms with van der Waals surface area (Å²) in [6.07, 6.45) is 0.749. The molecule has 1 heterocycles. The second-order valence-corrected chi connectivity index (χ2v) is 7.63. The average Bonchev–Trinajstić information content (AvgIpc) is 2.64. The van der Waals surface area contributed by atoms with Gasteiger partial charge in [-0.05, 0) is 30.5 Å². The quantitative estimate of drug-likeness (QED) is 0.929. The molecule has 2 rings (SSSR count). The first-order valence-corrected chi connectivity index (χ1v) is 8.40. The molecule has 0 amide bonds. The van der Waals surface area contributed by atoms with Crippen LogP contribution in [0.25, 0.3) is 0 Å². The van der Waals surface area contributed by atoms with Crippen molar-refractivity contribution in [1.29, 1.82) is 0 Å². The van der Waals surface area contributed by atoms with E-state index in [0.717, 1.165) is 12.0 Å². The third-order valence-electron chi connectivity index (χ3n) is 3.11. The summed E-state index contributed by atoms with van der Waals surface area (Å²) in [6.45, 7) is 1.30. The predicted molar refractivity (Wildman–Crippen MR) is 74.9 cm³/mol. The van der Waals surface area contributed by atoms with Crippen molar-refractivity contribution in [2.24, 2.45) is 5.92 Å². The van der Waals surface area contributed by atoms with Gasteiger partial charge in [0.05, 0.1) is 21.6 Å². The highest BCUT2D eigenvalue weighted by molar-refractivity contribution is 7.91. The summed E-state index contributed by atoms with van der Waals surface area (Å²) in [5.74, 6) is 0.827. The zero-order valence-corrected chi connectivity index (χ0v) is 12.2. The Bertz CT molecular complexity index is 531. The van der Waals surface area contributed by atoms with E-state index in [1.165, 1.54) is 0 Å². The normalized spacial score (nSPS) is 22.2. The molecule has 3 nitrogen and oxygen atoms in total. The van der Waals surface area contributed by atoms with E-state index in [-0.39, 0.29) is 5.92 Å². The maximum Gasteiger partial charge on any atom is 0.150 e. The lowest BCUT2D eigenvalue weighted by atomic mass is 10.1. The van der Waals surface area contributed by atoms with Crippen LogP contribution < -0.4 is 5.32 Å². The number of halogens is 2. The van der Waals surface area contributed by atoms with Crippen LogP contribution in [0.4, 0.5) is 0 Å². The Morgan fingerprint density at radius 3 is 2.78 bits per heavy atom. The lowest BCUT2D eigenvalue weighted by molar-refractivity contribution is 0.521. The Morgan fingerprint density at radius 2 is 2.11 bits per heavy atom. The van der Waals surface area contributed by atoms with Crippen LogP contribution in [-0.2, 0) is 16.4 Å². The zero-order chi connectivity index (χ0) is 13.2. The highest BCUT2D eigenvalue weighted by atomic mass is 35.5. The van der Waals surface area contributed by atoms with Gasteiger partial charge in [0.1, 0.15) is 0 Å². The molecule has 0 aliphatic carbocycles. The molecule has 0 bridgehead atoms. The van der Waals surface area contributed by atoms with Crippen LogP contribution in [0, 0.1) is 5.92 Å². The minimum absolute atomic E-state index is 0.216. The first kappa shape index (κ1) is 14.1. The van der Waals surface area contributed by atoms with E-state index >= 15 is 0 Å². The van der Waals surface area contributed by atoms with Crippen molar-refractivity contribution in [3.8, 4) is 0 Å². The Balaban J connectivity index is 1.84. The fourth-order valence-electron chi connectivity index (χ4n) is 2.13. The van der Waals surface area contributed by atoms with Crippen LogP contribution in [0.3, 0.4) is 0 Å². The summed E-state index contributed by atoms with van der Waals surface area (Å²) in [7, 11) is -2.79. The van der Waals surface area contributed by atoms with Crippen LogP contribution in [0.2, 0.25) is 10.0 Å². The second-order valence-electron chi connectivity index (χ2n) is 4.61. The van der Waals surface area contributed by atoms with Crippen molar-refractivity contribution in [3.63, 3.8) is 0 Å². The minimum atomic E-state index is -2.79. The molecular weight excluding hydrogens is 293 g/mol. The molecule has 1 saturated heterocycles. The summed E-state index contributed by atoms with van der Waals surface area (Å²) in [6, 6.07) is 5.51. The highest BCUT2D eigenvalue weighted by Gasteiger charge is 2.27. The molecule has 1 atom stereocenters. The smallest absolute Gasteiger partial charge is 0.150 e.